The molecule has 2 nitrogen and oxygen atoms in total. The lowest BCUT2D eigenvalue weighted by Crippen LogP contribution is -2.79. The number of hydrogen-bond donors (Lipinski definition) is 0. The lowest BCUT2D eigenvalue weighted by Gasteiger charge is -2.52. The Morgan fingerprint density at radius 3 is 1.64 bits per heavy atom. The Labute approximate surface area is 349 Å². The molecular weight excluding hydrogens is 751 g/mol. The van der Waals surface area contributed by atoms with Gasteiger partial charge in [-0.2, -0.15) is 0 Å². The molecule has 59 heavy (non-hydrogen) atoms. The van der Waals surface area contributed by atoms with Crippen molar-refractivity contribution in [1.29, 1.82) is 0 Å². The molecule has 2 aliphatic rings. The first-order valence-corrected chi connectivity index (χ1v) is 23.1. The molecular formula is C55H37NOSSi. The number of rotatable bonds is 5. The van der Waals surface area contributed by atoms with Gasteiger partial charge < -0.3 is 9.32 Å². The van der Waals surface area contributed by atoms with E-state index in [1.165, 1.54) is 52.8 Å². The Hall–Kier alpha value is -6.85. The van der Waals surface area contributed by atoms with Crippen LogP contribution in [0, 0.1) is 0 Å². The number of benzene rings is 9. The fourth-order valence-corrected chi connectivity index (χ4v) is 16.9. The summed E-state index contributed by atoms with van der Waals surface area (Å²) in [6.45, 7) is 0. The minimum atomic E-state index is -2.95. The van der Waals surface area contributed by atoms with Crippen LogP contribution in [0.25, 0.3) is 21.9 Å². The summed E-state index contributed by atoms with van der Waals surface area (Å²) in [4.78, 5) is 5.03. The van der Waals surface area contributed by atoms with Gasteiger partial charge in [0.05, 0.1) is 16.5 Å². The van der Waals surface area contributed by atoms with Crippen molar-refractivity contribution < 1.29 is 4.42 Å². The number of hydrogen-bond acceptors (Lipinski definition) is 3. The average Bonchev–Trinajstić information content (AvgIpc) is 3.70. The summed E-state index contributed by atoms with van der Waals surface area (Å²) >= 11 is 1.89. The van der Waals surface area contributed by atoms with Crippen molar-refractivity contribution in [2.24, 2.45) is 0 Å². The molecule has 0 aliphatic carbocycles. The van der Waals surface area contributed by atoms with Crippen LogP contribution >= 0.6 is 11.8 Å². The zero-order valence-corrected chi connectivity index (χ0v) is 33.9. The molecule has 0 atom stereocenters. The molecule has 0 radical (unpaired) electrons. The first-order chi connectivity index (χ1) is 29.3. The largest absolute Gasteiger partial charge is 0.456 e. The molecule has 1 spiro atoms. The summed E-state index contributed by atoms with van der Waals surface area (Å²) in [5.41, 5.74) is 9.78. The lowest BCUT2D eigenvalue weighted by atomic mass is 9.64. The maximum absolute atomic E-state index is 6.51. The summed E-state index contributed by atoms with van der Waals surface area (Å²) in [6.07, 6.45) is 0. The van der Waals surface area contributed by atoms with E-state index in [1.807, 2.05) is 17.8 Å². The Morgan fingerprint density at radius 2 is 0.949 bits per heavy atom. The number of fused-ring (bicyclic) bond motifs is 11. The van der Waals surface area contributed by atoms with E-state index in [2.05, 4.69) is 223 Å². The van der Waals surface area contributed by atoms with Crippen LogP contribution in [0.1, 0.15) is 22.3 Å². The van der Waals surface area contributed by atoms with Gasteiger partial charge in [-0.15, -0.1) is 0 Å². The summed E-state index contributed by atoms with van der Waals surface area (Å²) in [7, 11) is -2.95. The van der Waals surface area contributed by atoms with Crippen molar-refractivity contribution in [3.63, 3.8) is 0 Å². The fraction of sp³-hybridized carbons (Fsp3) is 0.0182. The molecule has 10 aromatic rings. The normalized spacial score (nSPS) is 14.3. The Bertz CT molecular complexity index is 3130. The first-order valence-electron chi connectivity index (χ1n) is 20.3. The van der Waals surface area contributed by atoms with Gasteiger partial charge in [-0.25, -0.2) is 0 Å². The molecule has 0 bridgehead atoms. The predicted molar refractivity (Wildman–Crippen MR) is 248 cm³/mol. The third-order valence-corrected chi connectivity index (χ3v) is 18.7. The van der Waals surface area contributed by atoms with Crippen molar-refractivity contribution in [3.05, 3.63) is 247 Å². The molecule has 2 aliphatic heterocycles. The number of anilines is 3. The van der Waals surface area contributed by atoms with Crippen molar-refractivity contribution in [2.45, 2.75) is 15.2 Å². The Balaban J connectivity index is 1.27. The lowest BCUT2D eigenvalue weighted by molar-refractivity contribution is 0.669. The quantitative estimate of drug-likeness (QED) is 0.162. The zero-order chi connectivity index (χ0) is 39.0. The predicted octanol–water partition coefficient (Wildman–Crippen LogP) is 11.6. The highest BCUT2D eigenvalue weighted by Crippen LogP contribution is 2.57. The van der Waals surface area contributed by atoms with Crippen LogP contribution in [0.15, 0.2) is 239 Å². The smallest absolute Gasteiger partial charge is 0.180 e. The summed E-state index contributed by atoms with van der Waals surface area (Å²) in [5.74, 6) is 0. The highest BCUT2D eigenvalue weighted by atomic mass is 32.2. The monoisotopic (exact) mass is 787 g/mol. The van der Waals surface area contributed by atoms with Gasteiger partial charge in [-0.3, -0.25) is 0 Å². The molecule has 0 amide bonds. The molecule has 0 saturated carbocycles. The van der Waals surface area contributed by atoms with Gasteiger partial charge in [0.1, 0.15) is 11.2 Å². The highest BCUT2D eigenvalue weighted by molar-refractivity contribution is 7.99. The molecule has 1 aromatic heterocycles. The van der Waals surface area contributed by atoms with E-state index in [-0.39, 0.29) is 0 Å². The second kappa shape index (κ2) is 13.4. The van der Waals surface area contributed by atoms with Gasteiger partial charge in [0.2, 0.25) is 0 Å². The topological polar surface area (TPSA) is 16.4 Å². The van der Waals surface area contributed by atoms with E-state index < -0.39 is 13.5 Å². The minimum absolute atomic E-state index is 0.600. The number of para-hydroxylation sites is 2. The zero-order valence-electron chi connectivity index (χ0n) is 32.1. The average molecular weight is 788 g/mol. The maximum Gasteiger partial charge on any atom is 0.180 e. The summed E-state index contributed by atoms with van der Waals surface area (Å²) in [6, 6.07) is 83.5. The van der Waals surface area contributed by atoms with Gasteiger partial charge in [-0.1, -0.05) is 182 Å². The van der Waals surface area contributed by atoms with Crippen LogP contribution in [0.2, 0.25) is 0 Å². The standard InChI is InChI=1S/C55H37NOSSi/c1-4-19-38(20-5-1)56(47-29-18-31-49-54(47)42-25-10-14-30-48(42)57-49)39-35-36-53-46(37-39)55(43-26-11-15-32-50(43)58-51-33-16-12-27-44(51)55)45-28-13-17-34-52(45)59(53,40-21-6-2-7-22-40)41-23-8-3-9-24-41/h1-37H. The fourth-order valence-electron chi connectivity index (χ4n) is 10.4. The molecule has 278 valence electrons. The van der Waals surface area contributed by atoms with Gasteiger partial charge >= 0.3 is 0 Å². The molecule has 4 heteroatoms. The van der Waals surface area contributed by atoms with Crippen LogP contribution in [0.3, 0.4) is 0 Å². The summed E-state index contributed by atoms with van der Waals surface area (Å²) < 4.78 is 6.51. The highest BCUT2D eigenvalue weighted by Gasteiger charge is 2.57. The SMILES string of the molecule is c1ccc(N(c2ccc3c(c2)C2(c4ccccc4Sc4ccccc42)c2ccccc2[Si]3(c2ccccc2)c2ccccc2)c2cccc3oc4ccccc4c23)cc1. The van der Waals surface area contributed by atoms with E-state index in [1.54, 1.807) is 0 Å². The number of furan rings is 1. The Kier molecular flexibility index (Phi) is 7.74. The molecule has 0 unspecified atom stereocenters. The second-order valence-electron chi connectivity index (χ2n) is 15.5. The van der Waals surface area contributed by atoms with E-state index in [0.717, 1.165) is 39.0 Å². The van der Waals surface area contributed by atoms with E-state index >= 15 is 0 Å². The molecule has 0 N–H and O–H groups in total. The van der Waals surface area contributed by atoms with Crippen LogP contribution in [-0.2, 0) is 5.41 Å². The Morgan fingerprint density at radius 1 is 0.407 bits per heavy atom. The van der Waals surface area contributed by atoms with Gasteiger partial charge in [0.25, 0.3) is 0 Å². The van der Waals surface area contributed by atoms with E-state index in [9.17, 15) is 0 Å². The molecule has 0 fully saturated rings. The van der Waals surface area contributed by atoms with E-state index in [0.29, 0.717) is 0 Å². The van der Waals surface area contributed by atoms with Gasteiger partial charge in [-0.05, 0) is 97.6 Å². The number of nitrogens with zero attached hydrogens (tertiary/aromatic N) is 1. The minimum Gasteiger partial charge on any atom is -0.456 e. The third kappa shape index (κ3) is 4.82. The van der Waals surface area contributed by atoms with Crippen molar-refractivity contribution in [3.8, 4) is 0 Å². The van der Waals surface area contributed by atoms with Crippen LogP contribution in [-0.4, -0.2) is 8.07 Å². The molecule has 12 rings (SSSR count). The van der Waals surface area contributed by atoms with Gasteiger partial charge in [0.15, 0.2) is 8.07 Å². The van der Waals surface area contributed by atoms with Crippen molar-refractivity contribution in [2.75, 3.05) is 4.90 Å². The van der Waals surface area contributed by atoms with Crippen molar-refractivity contribution in [1.82, 2.24) is 0 Å². The molecule has 9 aromatic carbocycles. The summed E-state index contributed by atoms with van der Waals surface area (Å²) in [5, 5.41) is 7.81. The first kappa shape index (κ1) is 34.2. The van der Waals surface area contributed by atoms with Crippen LogP contribution in [0.5, 0.6) is 0 Å². The molecule has 3 heterocycles. The maximum atomic E-state index is 6.51. The van der Waals surface area contributed by atoms with Crippen LogP contribution < -0.4 is 25.6 Å². The van der Waals surface area contributed by atoms with Crippen LogP contribution in [0.4, 0.5) is 17.1 Å². The second-order valence-corrected chi connectivity index (χ2v) is 20.3. The van der Waals surface area contributed by atoms with E-state index in [4.69, 9.17) is 4.42 Å². The van der Waals surface area contributed by atoms with Crippen molar-refractivity contribution >= 4 is 79.6 Å². The molecule has 0 saturated heterocycles. The third-order valence-electron chi connectivity index (χ3n) is 12.7. The van der Waals surface area contributed by atoms with Gasteiger partial charge in [0, 0.05) is 26.6 Å².